The maximum atomic E-state index is 12.2. The third-order valence-corrected chi connectivity index (χ3v) is 4.96. The minimum Gasteiger partial charge on any atom is -0.326 e. The molecule has 1 aliphatic carbocycles. The van der Waals surface area contributed by atoms with Gasteiger partial charge in [-0.05, 0) is 33.6 Å². The molecule has 17 heavy (non-hydrogen) atoms. The molecule has 1 saturated carbocycles. The second kappa shape index (κ2) is 5.22. The summed E-state index contributed by atoms with van der Waals surface area (Å²) in [7, 11) is -1.83. The zero-order valence-electron chi connectivity index (χ0n) is 11.2. The summed E-state index contributed by atoms with van der Waals surface area (Å²) in [6.07, 6.45) is 3.90. The number of hydrogen-bond acceptors (Lipinski definition) is 3. The molecule has 5 nitrogen and oxygen atoms in total. The molecule has 0 aliphatic heterocycles. The third kappa shape index (κ3) is 4.21. The first-order chi connectivity index (χ1) is 7.63. The minimum absolute atomic E-state index is 0.0507. The van der Waals surface area contributed by atoms with Gasteiger partial charge in [0.15, 0.2) is 0 Å². The molecule has 102 valence electrons. The van der Waals surface area contributed by atoms with Crippen molar-refractivity contribution in [3.8, 4) is 0 Å². The monoisotopic (exact) mass is 263 g/mol. The summed E-state index contributed by atoms with van der Waals surface area (Å²) < 4.78 is 28.4. The molecule has 1 aliphatic rings. The second-order valence-corrected chi connectivity index (χ2v) is 7.62. The fourth-order valence-electron chi connectivity index (χ4n) is 2.23. The van der Waals surface area contributed by atoms with Crippen molar-refractivity contribution in [3.05, 3.63) is 0 Å². The summed E-state index contributed by atoms with van der Waals surface area (Å²) in [6.45, 7) is 5.50. The predicted molar refractivity (Wildman–Crippen MR) is 69.8 cm³/mol. The van der Waals surface area contributed by atoms with Crippen molar-refractivity contribution >= 4 is 10.2 Å². The second-order valence-electron chi connectivity index (χ2n) is 5.89. The van der Waals surface area contributed by atoms with Crippen LogP contribution in [-0.4, -0.2) is 37.4 Å². The maximum absolute atomic E-state index is 12.2. The molecule has 0 bridgehead atoms. The van der Waals surface area contributed by atoms with Gasteiger partial charge in [0.05, 0.1) is 0 Å². The maximum Gasteiger partial charge on any atom is 0.279 e. The third-order valence-electron chi connectivity index (χ3n) is 3.06. The molecular formula is C11H25N3O2S. The molecule has 0 saturated heterocycles. The predicted octanol–water partition coefficient (Wildman–Crippen LogP) is 0.821. The molecule has 0 heterocycles. The number of nitrogens with zero attached hydrogens (tertiary/aromatic N) is 1. The lowest BCUT2D eigenvalue weighted by atomic mass is 9.91. The van der Waals surface area contributed by atoms with Gasteiger partial charge in [0.25, 0.3) is 10.2 Å². The molecule has 1 rings (SSSR count). The quantitative estimate of drug-likeness (QED) is 0.791. The van der Waals surface area contributed by atoms with E-state index in [4.69, 9.17) is 5.73 Å². The molecule has 0 aromatic carbocycles. The normalized spacial score (nSPS) is 27.4. The molecule has 0 amide bonds. The number of nitrogens with two attached hydrogens (primary N) is 1. The molecule has 0 aromatic heterocycles. The fraction of sp³-hybridized carbons (Fsp3) is 1.00. The van der Waals surface area contributed by atoms with Gasteiger partial charge < -0.3 is 5.73 Å². The van der Waals surface area contributed by atoms with Gasteiger partial charge in [-0.15, -0.1) is 0 Å². The molecular weight excluding hydrogens is 238 g/mol. The van der Waals surface area contributed by atoms with Crippen LogP contribution in [0.4, 0.5) is 0 Å². The van der Waals surface area contributed by atoms with Crippen molar-refractivity contribution in [1.29, 1.82) is 0 Å². The Hall–Kier alpha value is -0.170. The van der Waals surface area contributed by atoms with Crippen LogP contribution in [0.2, 0.25) is 0 Å². The molecule has 0 aromatic rings. The van der Waals surface area contributed by atoms with E-state index >= 15 is 0 Å². The zero-order valence-corrected chi connectivity index (χ0v) is 12.0. The van der Waals surface area contributed by atoms with Gasteiger partial charge in [0.1, 0.15) is 0 Å². The summed E-state index contributed by atoms with van der Waals surface area (Å²) in [6, 6.07) is -0.131. The Balaban J connectivity index is 2.77. The van der Waals surface area contributed by atoms with Crippen LogP contribution in [0.15, 0.2) is 0 Å². The molecule has 0 radical (unpaired) electrons. The molecule has 3 N–H and O–H groups in total. The molecule has 2 atom stereocenters. The summed E-state index contributed by atoms with van der Waals surface area (Å²) in [4.78, 5) is 0. The topological polar surface area (TPSA) is 75.4 Å². The Kier molecular flexibility index (Phi) is 4.57. The smallest absolute Gasteiger partial charge is 0.279 e. The van der Waals surface area contributed by atoms with Crippen LogP contribution in [0.1, 0.15) is 46.5 Å². The van der Waals surface area contributed by atoms with E-state index in [9.17, 15) is 8.42 Å². The van der Waals surface area contributed by atoms with Gasteiger partial charge in [-0.2, -0.15) is 17.4 Å². The van der Waals surface area contributed by atoms with E-state index in [1.807, 2.05) is 20.8 Å². The number of nitrogens with one attached hydrogen (secondary N) is 1. The van der Waals surface area contributed by atoms with Crippen LogP contribution in [-0.2, 0) is 10.2 Å². The van der Waals surface area contributed by atoms with Crippen molar-refractivity contribution in [1.82, 2.24) is 9.03 Å². The molecule has 6 heteroatoms. The average Bonchev–Trinajstić information content (AvgIpc) is 2.13. The van der Waals surface area contributed by atoms with E-state index in [0.29, 0.717) is 0 Å². The molecule has 2 unspecified atom stereocenters. The lowest BCUT2D eigenvalue weighted by Crippen LogP contribution is -2.56. The highest BCUT2D eigenvalue weighted by atomic mass is 32.2. The van der Waals surface area contributed by atoms with Gasteiger partial charge in [-0.3, -0.25) is 0 Å². The van der Waals surface area contributed by atoms with Gasteiger partial charge in [-0.1, -0.05) is 12.8 Å². The average molecular weight is 263 g/mol. The summed E-state index contributed by atoms with van der Waals surface area (Å²) in [5, 5.41) is 0. The van der Waals surface area contributed by atoms with Crippen LogP contribution in [0, 0.1) is 0 Å². The summed E-state index contributed by atoms with van der Waals surface area (Å²) in [5.74, 6) is 0. The Morgan fingerprint density at radius 3 is 2.24 bits per heavy atom. The van der Waals surface area contributed by atoms with E-state index in [-0.39, 0.29) is 12.1 Å². The van der Waals surface area contributed by atoms with Crippen LogP contribution < -0.4 is 10.5 Å². The van der Waals surface area contributed by atoms with E-state index in [1.165, 1.54) is 4.31 Å². The van der Waals surface area contributed by atoms with E-state index in [2.05, 4.69) is 4.72 Å². The summed E-state index contributed by atoms with van der Waals surface area (Å²) >= 11 is 0. The van der Waals surface area contributed by atoms with Crippen LogP contribution in [0.5, 0.6) is 0 Å². The van der Waals surface area contributed by atoms with Crippen molar-refractivity contribution in [2.45, 2.75) is 64.1 Å². The van der Waals surface area contributed by atoms with Crippen LogP contribution >= 0.6 is 0 Å². The van der Waals surface area contributed by atoms with Crippen LogP contribution in [0.3, 0.4) is 0 Å². The largest absolute Gasteiger partial charge is 0.326 e. The SMILES string of the molecule is CN(C1CCCCC1N)S(=O)(=O)NC(C)(C)C. The summed E-state index contributed by atoms with van der Waals surface area (Å²) in [5.41, 5.74) is 5.54. The Morgan fingerprint density at radius 2 is 1.76 bits per heavy atom. The number of hydrogen-bond donors (Lipinski definition) is 2. The highest BCUT2D eigenvalue weighted by molar-refractivity contribution is 7.87. The van der Waals surface area contributed by atoms with E-state index in [1.54, 1.807) is 7.05 Å². The highest BCUT2D eigenvalue weighted by Gasteiger charge is 2.34. The number of rotatable bonds is 3. The lowest BCUT2D eigenvalue weighted by molar-refractivity contribution is 0.247. The van der Waals surface area contributed by atoms with Crippen molar-refractivity contribution in [2.75, 3.05) is 7.05 Å². The van der Waals surface area contributed by atoms with Gasteiger partial charge in [-0.25, -0.2) is 0 Å². The number of likely N-dealkylation sites (N-methyl/N-ethyl adjacent to an activating group) is 1. The minimum atomic E-state index is -3.45. The Labute approximate surface area is 105 Å². The van der Waals surface area contributed by atoms with Crippen molar-refractivity contribution in [3.63, 3.8) is 0 Å². The van der Waals surface area contributed by atoms with Gasteiger partial charge >= 0.3 is 0 Å². The van der Waals surface area contributed by atoms with Gasteiger partial charge in [0, 0.05) is 24.7 Å². The Morgan fingerprint density at radius 1 is 1.24 bits per heavy atom. The first-order valence-electron chi connectivity index (χ1n) is 6.16. The first-order valence-corrected chi connectivity index (χ1v) is 7.60. The molecule has 1 fully saturated rings. The molecule has 0 spiro atoms. The Bertz CT molecular complexity index is 348. The first kappa shape index (κ1) is 14.9. The van der Waals surface area contributed by atoms with E-state index in [0.717, 1.165) is 25.7 Å². The van der Waals surface area contributed by atoms with Crippen molar-refractivity contribution < 1.29 is 8.42 Å². The van der Waals surface area contributed by atoms with Crippen LogP contribution in [0.25, 0.3) is 0 Å². The fourth-order valence-corrected chi connectivity index (χ4v) is 3.76. The highest BCUT2D eigenvalue weighted by Crippen LogP contribution is 2.23. The standard InChI is InChI=1S/C11H25N3O2S/c1-11(2,3)13-17(15,16)14(4)10-8-6-5-7-9(10)12/h9-10,13H,5-8,12H2,1-4H3. The van der Waals surface area contributed by atoms with Gasteiger partial charge in [0.2, 0.25) is 0 Å². The zero-order chi connectivity index (χ0) is 13.3. The van der Waals surface area contributed by atoms with E-state index < -0.39 is 15.7 Å². The van der Waals surface area contributed by atoms with Crippen molar-refractivity contribution in [2.24, 2.45) is 5.73 Å². The lowest BCUT2D eigenvalue weighted by Gasteiger charge is -2.36.